The van der Waals surface area contributed by atoms with Gasteiger partial charge in [0.1, 0.15) is 0 Å². The van der Waals surface area contributed by atoms with Gasteiger partial charge in [-0.1, -0.05) is 0 Å². The number of piperidine rings is 1. The third-order valence-electron chi connectivity index (χ3n) is 5.36. The molecule has 6 nitrogen and oxygen atoms in total. The predicted molar refractivity (Wildman–Crippen MR) is 95.2 cm³/mol. The summed E-state index contributed by atoms with van der Waals surface area (Å²) in [6.07, 6.45) is 1.39. The van der Waals surface area contributed by atoms with E-state index in [0.717, 1.165) is 29.9 Å². The Morgan fingerprint density at radius 1 is 1.19 bits per heavy atom. The van der Waals surface area contributed by atoms with Gasteiger partial charge in [-0.3, -0.25) is 0 Å². The normalized spacial score (nSPS) is 18.6. The molecule has 2 aliphatic rings. The van der Waals surface area contributed by atoms with Gasteiger partial charge in [0.05, 0.1) is 17.5 Å². The van der Waals surface area contributed by atoms with E-state index >= 15 is 0 Å². The van der Waals surface area contributed by atoms with Crippen LogP contribution in [0.25, 0.3) is 11.3 Å². The van der Waals surface area contributed by atoms with Crippen LogP contribution in [-0.2, 0) is 13.0 Å². The van der Waals surface area contributed by atoms with Crippen molar-refractivity contribution in [3.8, 4) is 11.3 Å². The number of likely N-dealkylation sites (N-methyl/N-ethyl adjacent to an activating group) is 1. The monoisotopic (exact) mass is 376 g/mol. The van der Waals surface area contributed by atoms with Crippen LogP contribution in [0.15, 0.2) is 18.2 Å². The number of likely N-dealkylation sites (tertiary alicyclic amines) is 1. The van der Waals surface area contributed by atoms with E-state index in [1.807, 2.05) is 7.05 Å². The molecule has 144 valence electrons. The Morgan fingerprint density at radius 3 is 2.63 bits per heavy atom. The molecule has 1 saturated heterocycles. The van der Waals surface area contributed by atoms with E-state index in [1.54, 1.807) is 4.90 Å². The fourth-order valence-corrected chi connectivity index (χ4v) is 3.78. The lowest BCUT2D eigenvalue weighted by Gasteiger charge is -2.30. The summed E-state index contributed by atoms with van der Waals surface area (Å²) in [5, 5.41) is 14.2. The van der Waals surface area contributed by atoms with Crippen LogP contribution in [0, 0.1) is 11.6 Å². The van der Waals surface area contributed by atoms with E-state index < -0.39 is 11.6 Å². The van der Waals surface area contributed by atoms with Gasteiger partial charge in [0.15, 0.2) is 11.6 Å². The van der Waals surface area contributed by atoms with Crippen molar-refractivity contribution >= 4 is 6.03 Å². The molecule has 1 N–H and O–H groups in total. The van der Waals surface area contributed by atoms with Crippen LogP contribution in [-0.4, -0.2) is 63.5 Å². The zero-order chi connectivity index (χ0) is 19.1. The maximum Gasteiger partial charge on any atom is 0.344 e. The average molecular weight is 376 g/mol. The molecule has 0 spiro atoms. The van der Waals surface area contributed by atoms with E-state index in [9.17, 15) is 18.7 Å². The number of aliphatic hydroxyl groups excluding tert-OH is 1. The molecule has 1 aromatic carbocycles. The van der Waals surface area contributed by atoms with Crippen LogP contribution >= 0.6 is 0 Å². The summed E-state index contributed by atoms with van der Waals surface area (Å²) < 4.78 is 28.5. The molecule has 0 saturated carbocycles. The highest BCUT2D eigenvalue weighted by atomic mass is 19.2. The highest BCUT2D eigenvalue weighted by Crippen LogP contribution is 2.31. The van der Waals surface area contributed by atoms with Gasteiger partial charge in [-0.25, -0.2) is 13.6 Å². The minimum Gasteiger partial charge on any atom is -0.393 e. The Balaban J connectivity index is 1.74. The van der Waals surface area contributed by atoms with Gasteiger partial charge < -0.3 is 14.9 Å². The number of fused-ring (bicyclic) bond motifs is 1. The molecule has 0 atom stereocenters. The molecule has 0 radical (unpaired) electrons. The first-order chi connectivity index (χ1) is 12.9. The molecular weight excluding hydrogens is 354 g/mol. The van der Waals surface area contributed by atoms with Gasteiger partial charge in [-0.15, -0.1) is 0 Å². The van der Waals surface area contributed by atoms with Crippen molar-refractivity contribution in [2.45, 2.75) is 31.9 Å². The molecule has 27 heavy (non-hydrogen) atoms. The number of carbonyl (C=O) groups is 1. The third-order valence-corrected chi connectivity index (χ3v) is 5.36. The first-order valence-electron chi connectivity index (χ1n) is 9.16. The van der Waals surface area contributed by atoms with Crippen LogP contribution < -0.4 is 0 Å². The molecule has 0 unspecified atom stereocenters. The quantitative estimate of drug-likeness (QED) is 0.829. The van der Waals surface area contributed by atoms with Crippen molar-refractivity contribution in [3.05, 3.63) is 41.1 Å². The lowest BCUT2D eigenvalue weighted by Crippen LogP contribution is -2.43. The maximum atomic E-state index is 13.7. The Bertz CT molecular complexity index is 875. The lowest BCUT2D eigenvalue weighted by molar-refractivity contribution is 0.0930. The number of carbonyl (C=O) groups excluding carboxylic acids is 1. The van der Waals surface area contributed by atoms with E-state index in [2.05, 4.69) is 10.00 Å². The Morgan fingerprint density at radius 2 is 1.93 bits per heavy atom. The molecule has 1 amide bonds. The van der Waals surface area contributed by atoms with Crippen molar-refractivity contribution in [3.63, 3.8) is 0 Å². The molecule has 1 fully saturated rings. The molecule has 8 heteroatoms. The van der Waals surface area contributed by atoms with Crippen LogP contribution in [0.3, 0.4) is 0 Å². The molecule has 3 heterocycles. The highest BCUT2D eigenvalue weighted by Gasteiger charge is 2.30. The summed E-state index contributed by atoms with van der Waals surface area (Å²) in [5.41, 5.74) is 2.67. The first kappa shape index (κ1) is 18.1. The SMILES string of the molecule is CN1CCc2c(c(-c3ccc(F)c(F)c3)nn2C(=O)N2CCC(O)CC2)C1. The predicted octanol–water partition coefficient (Wildman–Crippen LogP) is 2.24. The average Bonchev–Trinajstić information content (AvgIpc) is 3.02. The standard InChI is InChI=1S/C19H22F2N4O2/c1-23-7-6-17-14(11-23)18(12-2-3-15(20)16(21)10-12)22-25(17)19(27)24-8-4-13(26)5-9-24/h2-3,10,13,26H,4-9,11H2,1H3. The smallest absolute Gasteiger partial charge is 0.344 e. The van der Waals surface area contributed by atoms with E-state index in [-0.39, 0.29) is 12.1 Å². The van der Waals surface area contributed by atoms with Crippen molar-refractivity contribution in [1.29, 1.82) is 0 Å². The summed E-state index contributed by atoms with van der Waals surface area (Å²) in [5.74, 6) is -1.84. The largest absolute Gasteiger partial charge is 0.393 e. The Hall–Kier alpha value is -2.32. The van der Waals surface area contributed by atoms with Crippen molar-refractivity contribution in [1.82, 2.24) is 19.6 Å². The molecular formula is C19H22F2N4O2. The fourth-order valence-electron chi connectivity index (χ4n) is 3.78. The first-order valence-corrected chi connectivity index (χ1v) is 9.16. The summed E-state index contributed by atoms with van der Waals surface area (Å²) in [7, 11) is 1.98. The zero-order valence-electron chi connectivity index (χ0n) is 15.2. The molecule has 0 aliphatic carbocycles. The number of amides is 1. The van der Waals surface area contributed by atoms with Crippen LogP contribution in [0.4, 0.5) is 13.6 Å². The summed E-state index contributed by atoms with van der Waals surface area (Å²) in [6, 6.07) is 3.47. The lowest BCUT2D eigenvalue weighted by atomic mass is 10.0. The number of nitrogens with zero attached hydrogens (tertiary/aromatic N) is 4. The van der Waals surface area contributed by atoms with E-state index in [0.29, 0.717) is 50.2 Å². The van der Waals surface area contributed by atoms with Crippen LogP contribution in [0.5, 0.6) is 0 Å². The molecule has 1 aromatic heterocycles. The van der Waals surface area contributed by atoms with Gasteiger partial charge in [0.2, 0.25) is 0 Å². The Labute approximate surface area is 156 Å². The van der Waals surface area contributed by atoms with Crippen LogP contribution in [0.1, 0.15) is 24.1 Å². The van der Waals surface area contributed by atoms with E-state index in [1.165, 1.54) is 10.7 Å². The van der Waals surface area contributed by atoms with Crippen molar-refractivity contribution < 1.29 is 18.7 Å². The molecule has 2 aliphatic heterocycles. The van der Waals surface area contributed by atoms with E-state index in [4.69, 9.17) is 0 Å². The number of hydrogen-bond acceptors (Lipinski definition) is 4. The number of aromatic nitrogens is 2. The summed E-state index contributed by atoms with van der Waals surface area (Å²) in [4.78, 5) is 16.8. The van der Waals surface area contributed by atoms with Crippen LogP contribution in [0.2, 0.25) is 0 Å². The second-order valence-corrected chi connectivity index (χ2v) is 7.30. The molecule has 4 rings (SSSR count). The number of hydrogen-bond donors (Lipinski definition) is 1. The Kier molecular flexibility index (Phi) is 4.69. The number of halogens is 2. The third kappa shape index (κ3) is 3.35. The summed E-state index contributed by atoms with van der Waals surface area (Å²) in [6.45, 7) is 2.35. The summed E-state index contributed by atoms with van der Waals surface area (Å²) >= 11 is 0. The zero-order valence-corrected chi connectivity index (χ0v) is 15.2. The fraction of sp³-hybridized carbons (Fsp3) is 0.474. The minimum atomic E-state index is -0.934. The van der Waals surface area contributed by atoms with Crippen molar-refractivity contribution in [2.75, 3.05) is 26.7 Å². The number of benzene rings is 1. The van der Waals surface area contributed by atoms with Gasteiger partial charge in [0.25, 0.3) is 0 Å². The maximum absolute atomic E-state index is 13.7. The minimum absolute atomic E-state index is 0.225. The van der Waals surface area contributed by atoms with Crippen molar-refractivity contribution in [2.24, 2.45) is 0 Å². The van der Waals surface area contributed by atoms with Gasteiger partial charge >= 0.3 is 6.03 Å². The number of aliphatic hydroxyl groups is 1. The second kappa shape index (κ2) is 7.01. The van der Waals surface area contributed by atoms with Gasteiger partial charge in [0, 0.05) is 43.7 Å². The van der Waals surface area contributed by atoms with Gasteiger partial charge in [-0.05, 0) is 38.1 Å². The topological polar surface area (TPSA) is 61.6 Å². The van der Waals surface area contributed by atoms with Gasteiger partial charge in [-0.2, -0.15) is 9.78 Å². The molecule has 0 bridgehead atoms. The molecule has 2 aromatic rings. The number of rotatable bonds is 1. The second-order valence-electron chi connectivity index (χ2n) is 7.30. The highest BCUT2D eigenvalue weighted by molar-refractivity contribution is 5.79.